The zero-order chi connectivity index (χ0) is 17.0. The number of benzene rings is 2. The van der Waals surface area contributed by atoms with E-state index in [4.69, 9.17) is 0 Å². The van der Waals surface area contributed by atoms with E-state index in [0.717, 1.165) is 17.0 Å². The Morgan fingerprint density at radius 1 is 1.00 bits per heavy atom. The average Bonchev–Trinajstić information content (AvgIpc) is 2.99. The van der Waals surface area contributed by atoms with Gasteiger partial charge in [-0.05, 0) is 12.1 Å². The minimum absolute atomic E-state index is 0.0687. The van der Waals surface area contributed by atoms with Gasteiger partial charge in [0.2, 0.25) is 0 Å². The van der Waals surface area contributed by atoms with Crippen molar-refractivity contribution in [3.8, 4) is 0 Å². The predicted octanol–water partition coefficient (Wildman–Crippen LogP) is 2.65. The molecule has 0 atom stereocenters. The lowest BCUT2D eigenvalue weighted by atomic mass is 10.1. The number of carbonyl (C=O) groups excluding carboxylic acids is 2. The number of hydrogen-bond acceptors (Lipinski definition) is 3. The summed E-state index contributed by atoms with van der Waals surface area (Å²) in [5.41, 5.74) is 1.35. The number of halogens is 2. The first-order chi connectivity index (χ1) is 11.5. The summed E-state index contributed by atoms with van der Waals surface area (Å²) >= 11 is 0. The minimum Gasteiger partial charge on any atom is -0.330 e. The first kappa shape index (κ1) is 14.5. The fourth-order valence-electron chi connectivity index (χ4n) is 2.90. The molecule has 1 aliphatic rings. The summed E-state index contributed by atoms with van der Waals surface area (Å²) in [5, 5.41) is 0. The third-order valence-corrected chi connectivity index (χ3v) is 4.19. The van der Waals surface area contributed by atoms with Crippen molar-refractivity contribution in [3.05, 3.63) is 65.0 Å². The second-order valence-corrected chi connectivity index (χ2v) is 5.58. The van der Waals surface area contributed by atoms with Gasteiger partial charge in [-0.3, -0.25) is 14.5 Å². The molecule has 7 heteroatoms. The summed E-state index contributed by atoms with van der Waals surface area (Å²) in [7, 11) is 1.63. The Hall–Kier alpha value is -3.09. The summed E-state index contributed by atoms with van der Waals surface area (Å²) in [6.45, 7) is -0.0687. The van der Waals surface area contributed by atoms with Crippen molar-refractivity contribution in [2.24, 2.45) is 7.05 Å². The van der Waals surface area contributed by atoms with Gasteiger partial charge in [0.1, 0.15) is 5.82 Å². The van der Waals surface area contributed by atoms with E-state index in [9.17, 15) is 18.4 Å². The van der Waals surface area contributed by atoms with Crippen LogP contribution in [0.1, 0.15) is 26.5 Å². The maximum absolute atomic E-state index is 13.4. The third kappa shape index (κ3) is 1.94. The van der Waals surface area contributed by atoms with Crippen molar-refractivity contribution in [1.29, 1.82) is 0 Å². The number of aromatic nitrogens is 2. The summed E-state index contributed by atoms with van der Waals surface area (Å²) in [5.74, 6) is -2.41. The van der Waals surface area contributed by atoms with Crippen LogP contribution in [0.25, 0.3) is 11.0 Å². The Kier molecular flexibility index (Phi) is 2.99. The van der Waals surface area contributed by atoms with Gasteiger partial charge in [-0.15, -0.1) is 0 Å². The number of imidazole rings is 1. The number of carbonyl (C=O) groups is 2. The highest BCUT2D eigenvalue weighted by Crippen LogP contribution is 2.25. The monoisotopic (exact) mass is 327 g/mol. The normalized spacial score (nSPS) is 13.9. The predicted molar refractivity (Wildman–Crippen MR) is 81.3 cm³/mol. The molecule has 4 rings (SSSR count). The second-order valence-electron chi connectivity index (χ2n) is 5.58. The van der Waals surface area contributed by atoms with Crippen molar-refractivity contribution in [3.63, 3.8) is 0 Å². The third-order valence-electron chi connectivity index (χ3n) is 4.19. The molecule has 24 heavy (non-hydrogen) atoms. The molecular weight excluding hydrogens is 316 g/mol. The van der Waals surface area contributed by atoms with Gasteiger partial charge in [0, 0.05) is 19.2 Å². The first-order valence-corrected chi connectivity index (χ1v) is 7.23. The molecule has 5 nitrogen and oxygen atoms in total. The molecule has 0 fully saturated rings. The zero-order valence-electron chi connectivity index (χ0n) is 12.6. The van der Waals surface area contributed by atoms with Crippen molar-refractivity contribution < 1.29 is 18.4 Å². The van der Waals surface area contributed by atoms with Crippen molar-refractivity contribution in [2.75, 3.05) is 0 Å². The van der Waals surface area contributed by atoms with E-state index in [1.54, 1.807) is 35.9 Å². The van der Waals surface area contributed by atoms with Crippen LogP contribution in [-0.2, 0) is 13.6 Å². The van der Waals surface area contributed by atoms with Crippen LogP contribution in [0.2, 0.25) is 0 Å². The molecule has 3 aromatic rings. The van der Waals surface area contributed by atoms with Gasteiger partial charge in [0.05, 0.1) is 28.7 Å². The second kappa shape index (κ2) is 4.95. The van der Waals surface area contributed by atoms with Crippen LogP contribution in [0.5, 0.6) is 0 Å². The molecule has 0 spiro atoms. The van der Waals surface area contributed by atoms with E-state index >= 15 is 0 Å². The highest BCUT2D eigenvalue weighted by atomic mass is 19.2. The molecule has 0 bridgehead atoms. The highest BCUT2D eigenvalue weighted by Gasteiger charge is 2.35. The van der Waals surface area contributed by atoms with Gasteiger partial charge in [-0.25, -0.2) is 13.8 Å². The minimum atomic E-state index is -0.993. The van der Waals surface area contributed by atoms with Crippen LogP contribution in [0, 0.1) is 11.6 Å². The standard InChI is InChI=1S/C17H11F2N3O2/c1-21-14-7-12(19)11(18)6-13(14)20-15(21)8-22-16(23)9-4-2-3-5-10(9)17(22)24/h2-7H,8H2,1H3. The molecule has 0 saturated carbocycles. The molecule has 1 aliphatic heterocycles. The molecule has 0 aliphatic carbocycles. The van der Waals surface area contributed by atoms with E-state index in [-0.39, 0.29) is 12.1 Å². The zero-order valence-corrected chi connectivity index (χ0v) is 12.6. The van der Waals surface area contributed by atoms with Crippen LogP contribution < -0.4 is 0 Å². The molecule has 0 unspecified atom stereocenters. The van der Waals surface area contributed by atoms with Crippen LogP contribution in [0.15, 0.2) is 36.4 Å². The molecule has 120 valence electrons. The number of imide groups is 1. The fraction of sp³-hybridized carbons (Fsp3) is 0.118. The number of hydrogen-bond donors (Lipinski definition) is 0. The van der Waals surface area contributed by atoms with Gasteiger partial charge in [0.25, 0.3) is 11.8 Å². The van der Waals surface area contributed by atoms with Crippen LogP contribution in [0.4, 0.5) is 8.78 Å². The van der Waals surface area contributed by atoms with Crippen molar-refractivity contribution >= 4 is 22.8 Å². The van der Waals surface area contributed by atoms with E-state index in [1.807, 2.05) is 0 Å². The molecule has 2 aromatic carbocycles. The van der Waals surface area contributed by atoms with Gasteiger partial charge >= 0.3 is 0 Å². The molecule has 0 N–H and O–H groups in total. The van der Waals surface area contributed by atoms with Gasteiger partial charge in [-0.1, -0.05) is 12.1 Å². The highest BCUT2D eigenvalue weighted by molar-refractivity contribution is 6.21. The van der Waals surface area contributed by atoms with Gasteiger partial charge < -0.3 is 4.57 Å². The topological polar surface area (TPSA) is 55.2 Å². The molecule has 1 aromatic heterocycles. The van der Waals surface area contributed by atoms with Crippen LogP contribution in [-0.4, -0.2) is 26.3 Å². The number of rotatable bonds is 2. The lowest BCUT2D eigenvalue weighted by Crippen LogP contribution is -2.30. The van der Waals surface area contributed by atoms with Crippen LogP contribution in [0.3, 0.4) is 0 Å². The lowest BCUT2D eigenvalue weighted by molar-refractivity contribution is 0.0637. The lowest BCUT2D eigenvalue weighted by Gasteiger charge is -2.13. The van der Waals surface area contributed by atoms with Gasteiger partial charge in [0.15, 0.2) is 11.6 Å². The summed E-state index contributed by atoms with van der Waals surface area (Å²) < 4.78 is 28.3. The number of aryl methyl sites for hydroxylation is 1. The molecule has 0 saturated heterocycles. The molecule has 0 radical (unpaired) electrons. The Labute approximate surface area is 135 Å². The Bertz CT molecular complexity index is 991. The molecule has 2 heterocycles. The summed E-state index contributed by atoms with van der Waals surface area (Å²) in [6, 6.07) is 8.60. The number of nitrogens with zero attached hydrogens (tertiary/aromatic N) is 3. The van der Waals surface area contributed by atoms with Gasteiger partial charge in [-0.2, -0.15) is 0 Å². The smallest absolute Gasteiger partial charge is 0.261 e. The van der Waals surface area contributed by atoms with E-state index in [1.165, 1.54) is 0 Å². The Morgan fingerprint density at radius 3 is 2.21 bits per heavy atom. The Balaban J connectivity index is 1.74. The Morgan fingerprint density at radius 2 is 1.58 bits per heavy atom. The summed E-state index contributed by atoms with van der Waals surface area (Å²) in [6.07, 6.45) is 0. The van der Waals surface area contributed by atoms with Crippen LogP contribution >= 0.6 is 0 Å². The molecule has 2 amide bonds. The van der Waals surface area contributed by atoms with Crippen molar-refractivity contribution in [2.45, 2.75) is 6.54 Å². The van der Waals surface area contributed by atoms with E-state index in [0.29, 0.717) is 22.5 Å². The maximum Gasteiger partial charge on any atom is 0.261 e. The number of fused-ring (bicyclic) bond motifs is 2. The van der Waals surface area contributed by atoms with E-state index < -0.39 is 23.4 Å². The average molecular weight is 327 g/mol. The van der Waals surface area contributed by atoms with Crippen molar-refractivity contribution in [1.82, 2.24) is 14.5 Å². The summed E-state index contributed by atoms with van der Waals surface area (Å²) in [4.78, 5) is 30.1. The quantitative estimate of drug-likeness (QED) is 0.680. The largest absolute Gasteiger partial charge is 0.330 e. The maximum atomic E-state index is 13.4. The SMILES string of the molecule is Cn1c(CN2C(=O)c3ccccc3C2=O)nc2cc(F)c(F)cc21. The fourth-order valence-corrected chi connectivity index (χ4v) is 2.90. The molecular formula is C17H11F2N3O2. The number of amides is 2. The van der Waals surface area contributed by atoms with E-state index in [2.05, 4.69) is 4.98 Å². The first-order valence-electron chi connectivity index (χ1n) is 7.23.